The van der Waals surface area contributed by atoms with Crippen LogP contribution in [0.3, 0.4) is 0 Å². The Kier molecular flexibility index (Phi) is 6.12. The fourth-order valence-electron chi connectivity index (χ4n) is 3.51. The van der Waals surface area contributed by atoms with Gasteiger partial charge in [0.25, 0.3) is 0 Å². The van der Waals surface area contributed by atoms with Gasteiger partial charge in [0.1, 0.15) is 0 Å². The number of halogens is 2. The van der Waals surface area contributed by atoms with E-state index in [4.69, 9.17) is 5.73 Å². The second-order valence-electron chi connectivity index (χ2n) is 6.29. The average molecular weight is 403 g/mol. The van der Waals surface area contributed by atoms with Gasteiger partial charge in [0.15, 0.2) is 0 Å². The standard InChI is InChI=1S/C17H25Br2N/c1-13-11-16(19)14(12-15(13)18)5-8-17(9-10-20)6-3-2-4-7-17/h11-12H,2-10,20H2,1H3. The molecule has 112 valence electrons. The minimum atomic E-state index is 0.504. The lowest BCUT2D eigenvalue weighted by molar-refractivity contribution is 0.161. The van der Waals surface area contributed by atoms with Crippen LogP contribution < -0.4 is 5.73 Å². The van der Waals surface area contributed by atoms with Crippen LogP contribution in [0.5, 0.6) is 0 Å². The molecule has 1 fully saturated rings. The van der Waals surface area contributed by atoms with Crippen LogP contribution in [0.1, 0.15) is 56.1 Å². The summed E-state index contributed by atoms with van der Waals surface area (Å²) in [5.74, 6) is 0. The van der Waals surface area contributed by atoms with Gasteiger partial charge < -0.3 is 5.73 Å². The molecule has 0 aliphatic heterocycles. The number of rotatable bonds is 5. The topological polar surface area (TPSA) is 26.0 Å². The van der Waals surface area contributed by atoms with Crippen molar-refractivity contribution in [2.24, 2.45) is 11.1 Å². The van der Waals surface area contributed by atoms with Crippen molar-refractivity contribution in [3.8, 4) is 0 Å². The number of nitrogens with two attached hydrogens (primary N) is 1. The van der Waals surface area contributed by atoms with Gasteiger partial charge in [-0.1, -0.05) is 51.1 Å². The second-order valence-corrected chi connectivity index (χ2v) is 8.00. The molecule has 1 aromatic carbocycles. The highest BCUT2D eigenvalue weighted by Gasteiger charge is 2.30. The molecule has 2 rings (SSSR count). The maximum Gasteiger partial charge on any atom is 0.0210 e. The monoisotopic (exact) mass is 401 g/mol. The Labute approximate surface area is 140 Å². The van der Waals surface area contributed by atoms with E-state index in [1.54, 1.807) is 0 Å². The summed E-state index contributed by atoms with van der Waals surface area (Å²) in [7, 11) is 0. The Balaban J connectivity index is 2.07. The van der Waals surface area contributed by atoms with Crippen molar-refractivity contribution in [3.05, 3.63) is 32.2 Å². The number of hydrogen-bond donors (Lipinski definition) is 1. The van der Waals surface area contributed by atoms with E-state index in [9.17, 15) is 0 Å². The van der Waals surface area contributed by atoms with Crippen molar-refractivity contribution in [3.63, 3.8) is 0 Å². The molecule has 1 nitrogen and oxygen atoms in total. The Bertz CT molecular complexity index is 445. The molecule has 0 unspecified atom stereocenters. The zero-order valence-electron chi connectivity index (χ0n) is 12.4. The average Bonchev–Trinajstić information content (AvgIpc) is 2.43. The van der Waals surface area contributed by atoms with Gasteiger partial charge in [-0.2, -0.15) is 0 Å². The predicted octanol–water partition coefficient (Wildman–Crippen LogP) is 5.75. The van der Waals surface area contributed by atoms with E-state index >= 15 is 0 Å². The summed E-state index contributed by atoms with van der Waals surface area (Å²) in [5, 5.41) is 0. The van der Waals surface area contributed by atoms with Crippen LogP contribution >= 0.6 is 31.9 Å². The molecule has 20 heavy (non-hydrogen) atoms. The van der Waals surface area contributed by atoms with Gasteiger partial charge in [0.05, 0.1) is 0 Å². The Morgan fingerprint density at radius 2 is 1.75 bits per heavy atom. The van der Waals surface area contributed by atoms with Crippen LogP contribution in [0.25, 0.3) is 0 Å². The van der Waals surface area contributed by atoms with Crippen LogP contribution in [0.2, 0.25) is 0 Å². The maximum atomic E-state index is 5.87. The van der Waals surface area contributed by atoms with Crippen molar-refractivity contribution < 1.29 is 0 Å². The van der Waals surface area contributed by atoms with Crippen LogP contribution in [-0.2, 0) is 6.42 Å². The van der Waals surface area contributed by atoms with Gasteiger partial charge in [0.2, 0.25) is 0 Å². The van der Waals surface area contributed by atoms with E-state index in [0.717, 1.165) is 13.0 Å². The highest BCUT2D eigenvalue weighted by atomic mass is 79.9. The van der Waals surface area contributed by atoms with E-state index in [-0.39, 0.29) is 0 Å². The summed E-state index contributed by atoms with van der Waals surface area (Å²) in [5.41, 5.74) is 9.08. The molecule has 1 aliphatic carbocycles. The molecule has 0 radical (unpaired) electrons. The fraction of sp³-hybridized carbons (Fsp3) is 0.647. The molecule has 2 N–H and O–H groups in total. The van der Waals surface area contributed by atoms with Gasteiger partial charge in [-0.15, -0.1) is 0 Å². The molecular formula is C17H25Br2N. The van der Waals surface area contributed by atoms with Crippen LogP contribution in [0, 0.1) is 12.3 Å². The normalized spacial score (nSPS) is 18.2. The van der Waals surface area contributed by atoms with Gasteiger partial charge >= 0.3 is 0 Å². The largest absolute Gasteiger partial charge is 0.330 e. The first-order valence-electron chi connectivity index (χ1n) is 7.71. The molecule has 1 saturated carbocycles. The smallest absolute Gasteiger partial charge is 0.0210 e. The molecule has 0 amide bonds. The molecule has 0 saturated heterocycles. The highest BCUT2D eigenvalue weighted by Crippen LogP contribution is 2.43. The highest BCUT2D eigenvalue weighted by molar-refractivity contribution is 9.11. The first-order chi connectivity index (χ1) is 9.56. The first-order valence-corrected chi connectivity index (χ1v) is 9.29. The molecule has 0 aromatic heterocycles. The third kappa shape index (κ3) is 4.08. The number of benzene rings is 1. The van der Waals surface area contributed by atoms with Crippen molar-refractivity contribution >= 4 is 31.9 Å². The van der Waals surface area contributed by atoms with E-state index in [0.29, 0.717) is 5.41 Å². The summed E-state index contributed by atoms with van der Waals surface area (Å²) >= 11 is 7.37. The zero-order chi connectivity index (χ0) is 14.6. The van der Waals surface area contributed by atoms with E-state index < -0.39 is 0 Å². The minimum absolute atomic E-state index is 0.504. The van der Waals surface area contributed by atoms with Crippen LogP contribution in [0.15, 0.2) is 21.1 Å². The molecule has 0 heterocycles. The van der Waals surface area contributed by atoms with Crippen molar-refractivity contribution in [1.82, 2.24) is 0 Å². The number of aryl methyl sites for hydroxylation is 2. The Morgan fingerprint density at radius 1 is 1.05 bits per heavy atom. The molecule has 0 bridgehead atoms. The SMILES string of the molecule is Cc1cc(Br)c(CCC2(CCN)CCCCC2)cc1Br. The van der Waals surface area contributed by atoms with Crippen molar-refractivity contribution in [2.45, 2.75) is 58.3 Å². The molecule has 1 aromatic rings. The molecular weight excluding hydrogens is 378 g/mol. The summed E-state index contributed by atoms with van der Waals surface area (Å²) in [6, 6.07) is 4.49. The summed E-state index contributed by atoms with van der Waals surface area (Å²) in [6.45, 7) is 2.97. The van der Waals surface area contributed by atoms with E-state index in [1.165, 1.54) is 65.0 Å². The van der Waals surface area contributed by atoms with E-state index in [1.807, 2.05) is 0 Å². The second kappa shape index (κ2) is 7.42. The Morgan fingerprint density at radius 3 is 2.40 bits per heavy atom. The quantitative estimate of drug-likeness (QED) is 0.666. The molecule has 1 aliphatic rings. The summed E-state index contributed by atoms with van der Waals surface area (Å²) in [4.78, 5) is 0. The minimum Gasteiger partial charge on any atom is -0.330 e. The molecule has 0 spiro atoms. The number of hydrogen-bond acceptors (Lipinski definition) is 1. The molecule has 0 atom stereocenters. The van der Waals surface area contributed by atoms with Crippen LogP contribution in [0.4, 0.5) is 0 Å². The van der Waals surface area contributed by atoms with Crippen LogP contribution in [-0.4, -0.2) is 6.54 Å². The summed E-state index contributed by atoms with van der Waals surface area (Å²) < 4.78 is 2.46. The van der Waals surface area contributed by atoms with Gasteiger partial charge in [-0.05, 0) is 74.2 Å². The van der Waals surface area contributed by atoms with E-state index in [2.05, 4.69) is 50.9 Å². The Hall–Kier alpha value is 0.140. The third-order valence-corrected chi connectivity index (χ3v) is 6.43. The lowest BCUT2D eigenvalue weighted by Crippen LogP contribution is -2.28. The zero-order valence-corrected chi connectivity index (χ0v) is 15.5. The van der Waals surface area contributed by atoms with Crippen molar-refractivity contribution in [1.29, 1.82) is 0 Å². The predicted molar refractivity (Wildman–Crippen MR) is 94.1 cm³/mol. The van der Waals surface area contributed by atoms with Gasteiger partial charge in [0, 0.05) is 8.95 Å². The fourth-order valence-corrected chi connectivity index (χ4v) is 4.56. The third-order valence-electron chi connectivity index (χ3n) is 4.84. The summed E-state index contributed by atoms with van der Waals surface area (Å²) in [6.07, 6.45) is 10.5. The van der Waals surface area contributed by atoms with Crippen molar-refractivity contribution in [2.75, 3.05) is 6.54 Å². The van der Waals surface area contributed by atoms with Gasteiger partial charge in [-0.3, -0.25) is 0 Å². The maximum absolute atomic E-state index is 5.87. The first kappa shape index (κ1) is 16.5. The lowest BCUT2D eigenvalue weighted by Gasteiger charge is -2.37. The lowest BCUT2D eigenvalue weighted by atomic mass is 9.68. The van der Waals surface area contributed by atoms with Gasteiger partial charge in [-0.25, -0.2) is 0 Å². The molecule has 3 heteroatoms.